The zero-order valence-corrected chi connectivity index (χ0v) is 17.2. The second kappa shape index (κ2) is 8.03. The third-order valence-electron chi connectivity index (χ3n) is 5.63. The SMILES string of the molecule is Cc1cc(N2CCC(Nc3nc4c(-c5ccc(C#N)cc5)cccn4n3)CC2)ncn1. The molecular formula is C23H22N8. The summed E-state index contributed by atoms with van der Waals surface area (Å²) in [5.41, 5.74) is 4.42. The number of nitriles is 1. The summed E-state index contributed by atoms with van der Waals surface area (Å²) in [6, 6.07) is 16.0. The Morgan fingerprint density at radius 2 is 1.90 bits per heavy atom. The number of aromatic nitrogens is 5. The maximum absolute atomic E-state index is 9.03. The van der Waals surface area contributed by atoms with Crippen molar-refractivity contribution < 1.29 is 0 Å². The fourth-order valence-electron chi connectivity index (χ4n) is 3.97. The number of fused-ring (bicyclic) bond motifs is 1. The van der Waals surface area contributed by atoms with Crippen molar-refractivity contribution >= 4 is 17.4 Å². The highest BCUT2D eigenvalue weighted by Gasteiger charge is 2.21. The molecule has 4 heterocycles. The van der Waals surface area contributed by atoms with Crippen molar-refractivity contribution in [2.45, 2.75) is 25.8 Å². The van der Waals surface area contributed by atoms with Crippen LogP contribution in [0.5, 0.6) is 0 Å². The number of piperidine rings is 1. The highest BCUT2D eigenvalue weighted by Crippen LogP contribution is 2.25. The van der Waals surface area contributed by atoms with Crippen molar-refractivity contribution in [3.8, 4) is 17.2 Å². The van der Waals surface area contributed by atoms with Gasteiger partial charge in [0.15, 0.2) is 5.65 Å². The molecule has 8 heteroatoms. The molecule has 0 amide bonds. The van der Waals surface area contributed by atoms with Crippen LogP contribution in [0.4, 0.5) is 11.8 Å². The number of hydrogen-bond donors (Lipinski definition) is 1. The Morgan fingerprint density at radius 1 is 1.10 bits per heavy atom. The van der Waals surface area contributed by atoms with E-state index in [-0.39, 0.29) is 0 Å². The smallest absolute Gasteiger partial charge is 0.243 e. The second-order valence-corrected chi connectivity index (χ2v) is 7.74. The molecule has 3 aromatic heterocycles. The molecule has 1 fully saturated rings. The van der Waals surface area contributed by atoms with E-state index in [4.69, 9.17) is 10.2 Å². The highest BCUT2D eigenvalue weighted by molar-refractivity contribution is 5.78. The van der Waals surface area contributed by atoms with Crippen LogP contribution in [-0.4, -0.2) is 43.7 Å². The lowest BCUT2D eigenvalue weighted by Gasteiger charge is -2.32. The molecule has 0 aliphatic carbocycles. The number of nitrogens with zero attached hydrogens (tertiary/aromatic N) is 7. The third-order valence-corrected chi connectivity index (χ3v) is 5.63. The summed E-state index contributed by atoms with van der Waals surface area (Å²) < 4.78 is 1.80. The second-order valence-electron chi connectivity index (χ2n) is 7.74. The van der Waals surface area contributed by atoms with Crippen LogP contribution in [0.25, 0.3) is 16.8 Å². The average Bonchev–Trinajstić information content (AvgIpc) is 3.22. The minimum absolute atomic E-state index is 0.315. The molecule has 4 aromatic rings. The number of aryl methyl sites for hydroxylation is 1. The van der Waals surface area contributed by atoms with E-state index < -0.39 is 0 Å². The van der Waals surface area contributed by atoms with Gasteiger partial charge in [-0.3, -0.25) is 0 Å². The van der Waals surface area contributed by atoms with Crippen LogP contribution in [0.3, 0.4) is 0 Å². The number of benzene rings is 1. The van der Waals surface area contributed by atoms with Crippen molar-refractivity contribution in [1.29, 1.82) is 5.26 Å². The molecule has 0 radical (unpaired) electrons. The topological polar surface area (TPSA) is 95.0 Å². The molecular weight excluding hydrogens is 388 g/mol. The van der Waals surface area contributed by atoms with Crippen LogP contribution in [0.2, 0.25) is 0 Å². The molecule has 0 unspecified atom stereocenters. The molecule has 8 nitrogen and oxygen atoms in total. The van der Waals surface area contributed by atoms with E-state index >= 15 is 0 Å². The van der Waals surface area contributed by atoms with E-state index in [0.717, 1.165) is 54.2 Å². The normalized spacial score (nSPS) is 14.5. The molecule has 5 rings (SSSR count). The standard InChI is InChI=1S/C23H22N8/c1-16-13-21(26-15-25-16)30-11-8-19(9-12-30)27-23-28-22-20(3-2-10-31(22)29-23)18-6-4-17(14-24)5-7-18/h2-7,10,13,15,19H,8-9,11-12H2,1H3,(H,27,29). The molecule has 1 aromatic carbocycles. The predicted octanol–water partition coefficient (Wildman–Crippen LogP) is 3.45. The summed E-state index contributed by atoms with van der Waals surface area (Å²) in [7, 11) is 0. The Balaban J connectivity index is 1.31. The van der Waals surface area contributed by atoms with Gasteiger partial charge in [0, 0.05) is 42.7 Å². The first kappa shape index (κ1) is 19.0. The van der Waals surface area contributed by atoms with Crippen molar-refractivity contribution in [1.82, 2.24) is 24.6 Å². The predicted molar refractivity (Wildman–Crippen MR) is 119 cm³/mol. The molecule has 0 spiro atoms. The molecule has 0 atom stereocenters. The number of pyridine rings is 1. The first-order valence-electron chi connectivity index (χ1n) is 10.4. The number of hydrogen-bond acceptors (Lipinski definition) is 7. The van der Waals surface area contributed by atoms with Crippen LogP contribution in [-0.2, 0) is 0 Å². The van der Waals surface area contributed by atoms with Gasteiger partial charge in [-0.05, 0) is 49.6 Å². The molecule has 31 heavy (non-hydrogen) atoms. The van der Waals surface area contributed by atoms with E-state index in [0.29, 0.717) is 17.6 Å². The van der Waals surface area contributed by atoms with Gasteiger partial charge in [-0.15, -0.1) is 5.10 Å². The number of anilines is 2. The van der Waals surface area contributed by atoms with Gasteiger partial charge in [0.25, 0.3) is 0 Å². The summed E-state index contributed by atoms with van der Waals surface area (Å²) in [4.78, 5) is 15.6. The van der Waals surface area contributed by atoms with E-state index in [2.05, 4.69) is 31.4 Å². The first-order chi connectivity index (χ1) is 15.2. The van der Waals surface area contributed by atoms with Gasteiger partial charge in [-0.1, -0.05) is 12.1 Å². The highest BCUT2D eigenvalue weighted by atomic mass is 15.4. The molecule has 1 saturated heterocycles. The van der Waals surface area contributed by atoms with E-state index in [9.17, 15) is 0 Å². The number of rotatable bonds is 4. The van der Waals surface area contributed by atoms with Gasteiger partial charge in [0.05, 0.1) is 11.6 Å². The van der Waals surface area contributed by atoms with Crippen LogP contribution in [0, 0.1) is 18.3 Å². The average molecular weight is 410 g/mol. The van der Waals surface area contributed by atoms with Gasteiger partial charge in [0.2, 0.25) is 5.95 Å². The first-order valence-corrected chi connectivity index (χ1v) is 10.4. The maximum Gasteiger partial charge on any atom is 0.243 e. The van der Waals surface area contributed by atoms with Gasteiger partial charge in [0.1, 0.15) is 12.1 Å². The molecule has 154 valence electrons. The largest absolute Gasteiger partial charge is 0.356 e. The maximum atomic E-state index is 9.03. The van der Waals surface area contributed by atoms with Crippen LogP contribution < -0.4 is 10.2 Å². The Labute approximate surface area is 180 Å². The zero-order valence-electron chi connectivity index (χ0n) is 17.2. The van der Waals surface area contributed by atoms with Crippen LogP contribution in [0.1, 0.15) is 24.1 Å². The monoisotopic (exact) mass is 410 g/mol. The summed E-state index contributed by atoms with van der Waals surface area (Å²) >= 11 is 0. The lowest BCUT2D eigenvalue weighted by atomic mass is 10.1. The van der Waals surface area contributed by atoms with Crippen molar-refractivity contribution in [3.63, 3.8) is 0 Å². The Hall–Kier alpha value is -3.99. The van der Waals surface area contributed by atoms with Gasteiger partial charge < -0.3 is 10.2 Å². The zero-order chi connectivity index (χ0) is 21.2. The molecule has 0 bridgehead atoms. The third kappa shape index (κ3) is 3.90. The molecule has 1 aliphatic heterocycles. The Morgan fingerprint density at radius 3 is 2.65 bits per heavy atom. The minimum Gasteiger partial charge on any atom is -0.356 e. The summed E-state index contributed by atoms with van der Waals surface area (Å²) in [5, 5.41) is 17.2. The molecule has 0 saturated carbocycles. The fraction of sp³-hybridized carbons (Fsp3) is 0.261. The van der Waals surface area contributed by atoms with E-state index in [1.807, 2.05) is 55.6 Å². The van der Waals surface area contributed by atoms with Crippen LogP contribution >= 0.6 is 0 Å². The lowest BCUT2D eigenvalue weighted by molar-refractivity contribution is 0.520. The van der Waals surface area contributed by atoms with E-state index in [1.54, 1.807) is 10.8 Å². The number of nitrogens with one attached hydrogen (secondary N) is 1. The van der Waals surface area contributed by atoms with Gasteiger partial charge in [-0.25, -0.2) is 14.5 Å². The Kier molecular flexibility index (Phi) is 4.92. The van der Waals surface area contributed by atoms with Crippen molar-refractivity contribution in [3.05, 3.63) is 66.2 Å². The summed E-state index contributed by atoms with van der Waals surface area (Å²) in [6.07, 6.45) is 5.50. The lowest BCUT2D eigenvalue weighted by Crippen LogP contribution is -2.39. The van der Waals surface area contributed by atoms with Crippen molar-refractivity contribution in [2.75, 3.05) is 23.3 Å². The summed E-state index contributed by atoms with van der Waals surface area (Å²) in [6.45, 7) is 3.84. The van der Waals surface area contributed by atoms with Crippen LogP contribution in [0.15, 0.2) is 55.0 Å². The van der Waals surface area contributed by atoms with Crippen molar-refractivity contribution in [2.24, 2.45) is 0 Å². The minimum atomic E-state index is 0.315. The van der Waals surface area contributed by atoms with Gasteiger partial charge >= 0.3 is 0 Å². The van der Waals surface area contributed by atoms with E-state index in [1.165, 1.54) is 0 Å². The fourth-order valence-corrected chi connectivity index (χ4v) is 3.97. The van der Waals surface area contributed by atoms with Gasteiger partial charge in [-0.2, -0.15) is 10.2 Å². The molecule has 1 N–H and O–H groups in total. The Bertz CT molecular complexity index is 1250. The molecule has 1 aliphatic rings. The quantitative estimate of drug-likeness (QED) is 0.550. The summed E-state index contributed by atoms with van der Waals surface area (Å²) in [5.74, 6) is 1.63.